The van der Waals surface area contributed by atoms with Crippen molar-refractivity contribution in [2.75, 3.05) is 10.8 Å². The van der Waals surface area contributed by atoms with Gasteiger partial charge in [-0.1, -0.05) is 95.7 Å². The van der Waals surface area contributed by atoms with Crippen molar-refractivity contribution < 1.29 is 18.0 Å². The summed E-state index contributed by atoms with van der Waals surface area (Å²) < 4.78 is 30.1. The molecule has 230 valence electrons. The van der Waals surface area contributed by atoms with Gasteiger partial charge >= 0.3 is 0 Å². The van der Waals surface area contributed by atoms with E-state index in [9.17, 15) is 18.0 Å². The number of carbonyl (C=O) groups is 2. The van der Waals surface area contributed by atoms with Gasteiger partial charge in [-0.15, -0.1) is 0 Å². The Morgan fingerprint density at radius 1 is 0.841 bits per heavy atom. The Morgan fingerprint density at radius 2 is 1.48 bits per heavy atom. The van der Waals surface area contributed by atoms with E-state index in [1.165, 1.54) is 17.0 Å². The molecule has 0 heterocycles. The number of rotatable bonds is 13. The van der Waals surface area contributed by atoms with Crippen molar-refractivity contribution in [2.45, 2.75) is 57.1 Å². The van der Waals surface area contributed by atoms with E-state index in [1.807, 2.05) is 81.4 Å². The lowest BCUT2D eigenvalue weighted by atomic mass is 10.0. The summed E-state index contributed by atoms with van der Waals surface area (Å²) in [6.45, 7) is 5.40. The Morgan fingerprint density at radius 3 is 2.09 bits per heavy atom. The molecule has 4 rings (SSSR count). The fraction of sp³-hybridized carbons (Fsp3) is 0.257. The van der Waals surface area contributed by atoms with Gasteiger partial charge in [-0.05, 0) is 73.4 Å². The van der Waals surface area contributed by atoms with Gasteiger partial charge in [-0.25, -0.2) is 8.42 Å². The highest BCUT2D eigenvalue weighted by Gasteiger charge is 2.35. The van der Waals surface area contributed by atoms with Crippen LogP contribution in [0.15, 0.2) is 119 Å². The first-order valence-corrected chi connectivity index (χ1v) is 16.8. The predicted molar refractivity (Wildman–Crippen MR) is 179 cm³/mol. The third-order valence-electron chi connectivity index (χ3n) is 7.44. The first-order chi connectivity index (χ1) is 21.1. The molecular weight excluding hydrogens is 638 g/mol. The number of nitrogens with one attached hydrogen (secondary N) is 1. The van der Waals surface area contributed by atoms with E-state index in [2.05, 4.69) is 21.2 Å². The van der Waals surface area contributed by atoms with E-state index in [-0.39, 0.29) is 29.8 Å². The predicted octanol–water partition coefficient (Wildman–Crippen LogP) is 6.51. The zero-order chi connectivity index (χ0) is 31.7. The molecule has 0 saturated heterocycles. The van der Waals surface area contributed by atoms with Crippen LogP contribution in [0, 0.1) is 6.92 Å². The van der Waals surface area contributed by atoms with Crippen LogP contribution in [0.4, 0.5) is 5.69 Å². The van der Waals surface area contributed by atoms with E-state index in [1.54, 1.807) is 36.4 Å². The van der Waals surface area contributed by atoms with Gasteiger partial charge in [0.25, 0.3) is 10.0 Å². The van der Waals surface area contributed by atoms with Gasteiger partial charge in [0.05, 0.1) is 10.6 Å². The van der Waals surface area contributed by atoms with E-state index >= 15 is 0 Å². The quantitative estimate of drug-likeness (QED) is 0.175. The lowest BCUT2D eigenvalue weighted by Gasteiger charge is -2.34. The van der Waals surface area contributed by atoms with Crippen LogP contribution in [0.5, 0.6) is 0 Å². The Bertz CT molecular complexity index is 1650. The second-order valence-electron chi connectivity index (χ2n) is 10.8. The highest BCUT2D eigenvalue weighted by atomic mass is 79.9. The number of carbonyl (C=O) groups excluding carboxylic acids is 2. The zero-order valence-corrected chi connectivity index (χ0v) is 27.6. The Labute approximate surface area is 269 Å². The molecule has 0 aliphatic rings. The molecule has 7 nitrogen and oxygen atoms in total. The standard InChI is InChI=1S/C35H38BrN3O4S/c1-4-27(3)37-35(41)33(23-28-13-7-5-8-14-28)38(24-29-18-20-30(36)21-19-29)34(40)25-39(31-15-11-12-26(2)22-31)44(42,43)32-16-9-6-10-17-32/h5-22,27,33H,4,23-25H2,1-3H3,(H,37,41)/t27-,33-/m0/s1. The number of halogens is 1. The van der Waals surface area contributed by atoms with Crippen LogP contribution in [0.3, 0.4) is 0 Å². The monoisotopic (exact) mass is 675 g/mol. The first-order valence-electron chi connectivity index (χ1n) is 14.6. The highest BCUT2D eigenvalue weighted by Crippen LogP contribution is 2.26. The van der Waals surface area contributed by atoms with Gasteiger partial charge in [-0.2, -0.15) is 0 Å². The molecule has 4 aromatic carbocycles. The summed E-state index contributed by atoms with van der Waals surface area (Å²) in [5.74, 6) is -0.782. The summed E-state index contributed by atoms with van der Waals surface area (Å²) in [6, 6.07) is 31.2. The van der Waals surface area contributed by atoms with Gasteiger partial charge in [0.15, 0.2) is 0 Å². The summed E-state index contributed by atoms with van der Waals surface area (Å²) in [7, 11) is -4.13. The topological polar surface area (TPSA) is 86.8 Å². The van der Waals surface area contributed by atoms with Crippen molar-refractivity contribution in [3.8, 4) is 0 Å². The lowest BCUT2D eigenvalue weighted by molar-refractivity contribution is -0.140. The number of hydrogen-bond donors (Lipinski definition) is 1. The second kappa shape index (κ2) is 15.2. The molecule has 44 heavy (non-hydrogen) atoms. The fourth-order valence-electron chi connectivity index (χ4n) is 4.81. The number of nitrogens with zero attached hydrogens (tertiary/aromatic N) is 2. The number of amides is 2. The summed E-state index contributed by atoms with van der Waals surface area (Å²) in [6.07, 6.45) is 0.988. The van der Waals surface area contributed by atoms with Crippen molar-refractivity contribution in [3.63, 3.8) is 0 Å². The van der Waals surface area contributed by atoms with Crippen LogP contribution >= 0.6 is 15.9 Å². The number of benzene rings is 4. The van der Waals surface area contributed by atoms with Crippen molar-refractivity contribution in [1.29, 1.82) is 0 Å². The zero-order valence-electron chi connectivity index (χ0n) is 25.2. The maximum absolute atomic E-state index is 14.5. The van der Waals surface area contributed by atoms with Gasteiger partial charge in [-0.3, -0.25) is 13.9 Å². The largest absolute Gasteiger partial charge is 0.352 e. The van der Waals surface area contributed by atoms with Gasteiger partial charge in [0, 0.05) is 23.5 Å². The van der Waals surface area contributed by atoms with Crippen molar-refractivity contribution in [1.82, 2.24) is 10.2 Å². The third kappa shape index (κ3) is 8.57. The molecule has 0 fully saturated rings. The summed E-state index contributed by atoms with van der Waals surface area (Å²) in [5.41, 5.74) is 2.92. The Kier molecular flexibility index (Phi) is 11.4. The molecule has 0 aliphatic heterocycles. The molecule has 0 aliphatic carbocycles. The van der Waals surface area contributed by atoms with Crippen LogP contribution in [-0.4, -0.2) is 43.8 Å². The second-order valence-corrected chi connectivity index (χ2v) is 13.6. The molecule has 1 N–H and O–H groups in total. The number of sulfonamides is 1. The summed E-state index contributed by atoms with van der Waals surface area (Å²) in [5, 5.41) is 3.06. The normalized spacial score (nSPS) is 12.6. The smallest absolute Gasteiger partial charge is 0.264 e. The minimum atomic E-state index is -4.13. The molecule has 0 bridgehead atoms. The molecular formula is C35H38BrN3O4S. The molecule has 0 unspecified atom stereocenters. The average molecular weight is 677 g/mol. The van der Waals surface area contributed by atoms with Gasteiger partial charge in [0.1, 0.15) is 12.6 Å². The molecule has 2 atom stereocenters. The van der Waals surface area contributed by atoms with E-state index in [4.69, 9.17) is 0 Å². The highest BCUT2D eigenvalue weighted by molar-refractivity contribution is 9.10. The van der Waals surface area contributed by atoms with Crippen LogP contribution in [0.2, 0.25) is 0 Å². The molecule has 2 amide bonds. The maximum Gasteiger partial charge on any atom is 0.264 e. The van der Waals surface area contributed by atoms with Crippen LogP contribution in [0.25, 0.3) is 0 Å². The molecule has 4 aromatic rings. The number of hydrogen-bond acceptors (Lipinski definition) is 4. The summed E-state index contributed by atoms with van der Waals surface area (Å²) in [4.78, 5) is 29.9. The van der Waals surface area contributed by atoms with Gasteiger partial charge in [0.2, 0.25) is 11.8 Å². The third-order valence-corrected chi connectivity index (χ3v) is 9.75. The summed E-state index contributed by atoms with van der Waals surface area (Å²) >= 11 is 3.46. The van der Waals surface area contributed by atoms with Crippen molar-refractivity contribution in [2.24, 2.45) is 0 Å². The van der Waals surface area contributed by atoms with Crippen LogP contribution in [0.1, 0.15) is 37.0 Å². The average Bonchev–Trinajstić information content (AvgIpc) is 3.03. The molecule has 9 heteroatoms. The van der Waals surface area contributed by atoms with Gasteiger partial charge < -0.3 is 10.2 Å². The lowest BCUT2D eigenvalue weighted by Crippen LogP contribution is -2.54. The molecule has 0 saturated carbocycles. The first kappa shape index (κ1) is 33.0. The Balaban J connectivity index is 1.80. The fourth-order valence-corrected chi connectivity index (χ4v) is 6.50. The van der Waals surface area contributed by atoms with Crippen LogP contribution in [-0.2, 0) is 32.6 Å². The van der Waals surface area contributed by atoms with Crippen LogP contribution < -0.4 is 9.62 Å². The molecule has 0 spiro atoms. The Hall–Kier alpha value is -3.95. The maximum atomic E-state index is 14.5. The minimum Gasteiger partial charge on any atom is -0.352 e. The van der Waals surface area contributed by atoms with Crippen molar-refractivity contribution >= 4 is 43.5 Å². The SMILES string of the molecule is CC[C@H](C)NC(=O)[C@H](Cc1ccccc1)N(Cc1ccc(Br)cc1)C(=O)CN(c1cccc(C)c1)S(=O)(=O)c1ccccc1. The van der Waals surface area contributed by atoms with Crippen molar-refractivity contribution in [3.05, 3.63) is 130 Å². The van der Waals surface area contributed by atoms with E-state index in [0.717, 1.165) is 31.9 Å². The molecule has 0 aromatic heterocycles. The number of anilines is 1. The van der Waals surface area contributed by atoms with E-state index < -0.39 is 28.5 Å². The van der Waals surface area contributed by atoms with E-state index in [0.29, 0.717) is 5.69 Å². The minimum absolute atomic E-state index is 0.0733. The number of aryl methyl sites for hydroxylation is 1. The molecule has 0 radical (unpaired) electrons.